The van der Waals surface area contributed by atoms with Gasteiger partial charge in [0.15, 0.2) is 0 Å². The van der Waals surface area contributed by atoms with Crippen LogP contribution in [0.5, 0.6) is 0 Å². The van der Waals surface area contributed by atoms with Gasteiger partial charge in [-0.1, -0.05) is 42.5 Å². The molecule has 2 rings (SSSR count). The minimum absolute atomic E-state index is 0.0430. The van der Waals surface area contributed by atoms with Crippen molar-refractivity contribution in [2.24, 2.45) is 0 Å². The minimum atomic E-state index is -0.712. The fourth-order valence-corrected chi connectivity index (χ4v) is 1.74. The molecule has 2 aromatic rings. The number of hydrogen-bond acceptors (Lipinski definition) is 3. The van der Waals surface area contributed by atoms with E-state index in [0.29, 0.717) is 11.3 Å². The van der Waals surface area contributed by atoms with Crippen molar-refractivity contribution < 1.29 is 9.59 Å². The molecule has 0 unspecified atom stereocenters. The number of nitrogens with one attached hydrogen (secondary N) is 1. The maximum absolute atomic E-state index is 11.8. The van der Waals surface area contributed by atoms with Crippen LogP contribution in [0.25, 0.3) is 0 Å². The molecule has 0 radical (unpaired) electrons. The number of anilines is 1. The number of nitriles is 1. The molecule has 4 nitrogen and oxygen atoms in total. The fraction of sp³-hybridized carbons (Fsp3) is 0.0625. The Balaban J connectivity index is 2.05. The van der Waals surface area contributed by atoms with Crippen LogP contribution in [0.3, 0.4) is 0 Å². The molecule has 1 N–H and O–H groups in total. The highest BCUT2D eigenvalue weighted by molar-refractivity contribution is 6.41. The van der Waals surface area contributed by atoms with Crippen molar-refractivity contribution in [2.75, 3.05) is 5.32 Å². The van der Waals surface area contributed by atoms with Crippen LogP contribution in [0.1, 0.15) is 11.1 Å². The van der Waals surface area contributed by atoms with E-state index in [9.17, 15) is 9.59 Å². The van der Waals surface area contributed by atoms with Gasteiger partial charge in [-0.05, 0) is 17.7 Å². The standard InChI is InChI=1S/C16H12N2O2/c17-11-13-8-4-5-9-14(13)18-16(20)15(19)10-12-6-2-1-3-7-12/h1-9H,10H2,(H,18,20). The van der Waals surface area contributed by atoms with Gasteiger partial charge in [0.25, 0.3) is 5.91 Å². The zero-order valence-corrected chi connectivity index (χ0v) is 10.7. The summed E-state index contributed by atoms with van der Waals surface area (Å²) >= 11 is 0. The first-order valence-corrected chi connectivity index (χ1v) is 6.08. The monoisotopic (exact) mass is 264 g/mol. The van der Waals surface area contributed by atoms with E-state index in [1.807, 2.05) is 24.3 Å². The molecule has 2 aromatic carbocycles. The summed E-state index contributed by atoms with van der Waals surface area (Å²) in [5.74, 6) is -1.25. The molecule has 20 heavy (non-hydrogen) atoms. The van der Waals surface area contributed by atoms with Crippen molar-refractivity contribution in [1.29, 1.82) is 5.26 Å². The van der Waals surface area contributed by atoms with Gasteiger partial charge in [0, 0.05) is 6.42 Å². The average molecular weight is 264 g/mol. The van der Waals surface area contributed by atoms with Gasteiger partial charge in [-0.15, -0.1) is 0 Å². The molecule has 0 bridgehead atoms. The Morgan fingerprint density at radius 3 is 2.35 bits per heavy atom. The number of carbonyl (C=O) groups excluding carboxylic acids is 2. The van der Waals surface area contributed by atoms with Gasteiger partial charge in [-0.25, -0.2) is 0 Å². The number of nitrogens with zero attached hydrogens (tertiary/aromatic N) is 1. The number of para-hydroxylation sites is 1. The quantitative estimate of drug-likeness (QED) is 0.861. The van der Waals surface area contributed by atoms with Crippen LogP contribution in [0.2, 0.25) is 0 Å². The summed E-state index contributed by atoms with van der Waals surface area (Å²) in [4.78, 5) is 23.6. The smallest absolute Gasteiger partial charge is 0.292 e. The van der Waals surface area contributed by atoms with E-state index in [0.717, 1.165) is 5.56 Å². The lowest BCUT2D eigenvalue weighted by atomic mass is 10.1. The van der Waals surface area contributed by atoms with Crippen molar-refractivity contribution in [2.45, 2.75) is 6.42 Å². The first-order chi connectivity index (χ1) is 9.70. The Bertz CT molecular complexity index is 672. The van der Waals surface area contributed by atoms with Gasteiger partial charge in [0.1, 0.15) is 6.07 Å². The van der Waals surface area contributed by atoms with Gasteiger partial charge in [0.2, 0.25) is 5.78 Å². The highest BCUT2D eigenvalue weighted by atomic mass is 16.2. The number of benzene rings is 2. The molecule has 4 heteroatoms. The maximum Gasteiger partial charge on any atom is 0.292 e. The third-order valence-electron chi connectivity index (χ3n) is 2.76. The minimum Gasteiger partial charge on any atom is -0.318 e. The molecule has 0 atom stereocenters. The predicted octanol–water partition coefficient (Wildman–Crippen LogP) is 2.31. The molecule has 0 aliphatic heterocycles. The van der Waals surface area contributed by atoms with Gasteiger partial charge in [-0.2, -0.15) is 5.26 Å². The summed E-state index contributed by atoms with van der Waals surface area (Å²) in [6, 6.07) is 17.6. The molecule has 0 saturated carbocycles. The Morgan fingerprint density at radius 1 is 1.00 bits per heavy atom. The summed E-state index contributed by atoms with van der Waals surface area (Å²) in [5.41, 5.74) is 1.45. The molecular formula is C16H12N2O2. The molecule has 0 saturated heterocycles. The lowest BCUT2D eigenvalue weighted by Crippen LogP contribution is -2.24. The zero-order valence-electron chi connectivity index (χ0n) is 10.7. The third-order valence-corrected chi connectivity index (χ3v) is 2.76. The second-order valence-electron chi connectivity index (χ2n) is 4.20. The molecule has 1 amide bonds. The van der Waals surface area contributed by atoms with E-state index >= 15 is 0 Å². The number of amides is 1. The first-order valence-electron chi connectivity index (χ1n) is 6.08. The first kappa shape index (κ1) is 13.5. The topological polar surface area (TPSA) is 70.0 Å². The van der Waals surface area contributed by atoms with Gasteiger partial charge < -0.3 is 5.32 Å². The molecule has 0 aromatic heterocycles. The highest BCUT2D eigenvalue weighted by Crippen LogP contribution is 2.13. The predicted molar refractivity (Wildman–Crippen MR) is 74.9 cm³/mol. The molecule has 98 valence electrons. The summed E-state index contributed by atoms with van der Waals surface area (Å²) in [7, 11) is 0. The molecule has 0 spiro atoms. The Labute approximate surface area is 116 Å². The Hall–Kier alpha value is -2.93. The van der Waals surface area contributed by atoms with E-state index in [2.05, 4.69) is 5.32 Å². The number of Topliss-reactive ketones (excluding diaryl/α,β-unsaturated/α-hetero) is 1. The maximum atomic E-state index is 11.8. The number of carbonyl (C=O) groups is 2. The molecule has 0 aliphatic rings. The van der Waals surface area contributed by atoms with Gasteiger partial charge in [-0.3, -0.25) is 9.59 Å². The van der Waals surface area contributed by atoms with Gasteiger partial charge in [0.05, 0.1) is 11.3 Å². The second-order valence-corrected chi connectivity index (χ2v) is 4.20. The van der Waals surface area contributed by atoms with E-state index < -0.39 is 11.7 Å². The Morgan fingerprint density at radius 2 is 1.65 bits per heavy atom. The van der Waals surface area contributed by atoms with Crippen molar-refractivity contribution in [1.82, 2.24) is 0 Å². The van der Waals surface area contributed by atoms with Crippen LogP contribution in [-0.2, 0) is 16.0 Å². The van der Waals surface area contributed by atoms with Crippen LogP contribution in [0.15, 0.2) is 54.6 Å². The largest absolute Gasteiger partial charge is 0.318 e. The second kappa shape index (κ2) is 6.30. The van der Waals surface area contributed by atoms with E-state index in [-0.39, 0.29) is 6.42 Å². The molecular weight excluding hydrogens is 252 g/mol. The van der Waals surface area contributed by atoms with Crippen molar-refractivity contribution >= 4 is 17.4 Å². The Kier molecular flexibility index (Phi) is 4.25. The average Bonchev–Trinajstić information content (AvgIpc) is 2.48. The van der Waals surface area contributed by atoms with Crippen molar-refractivity contribution in [3.05, 3.63) is 65.7 Å². The van der Waals surface area contributed by atoms with Crippen LogP contribution in [0, 0.1) is 11.3 Å². The zero-order chi connectivity index (χ0) is 14.4. The summed E-state index contributed by atoms with van der Waals surface area (Å²) < 4.78 is 0. The van der Waals surface area contributed by atoms with Gasteiger partial charge >= 0.3 is 0 Å². The van der Waals surface area contributed by atoms with E-state index in [1.54, 1.807) is 36.4 Å². The molecule has 0 fully saturated rings. The van der Waals surface area contributed by atoms with Crippen molar-refractivity contribution in [3.63, 3.8) is 0 Å². The lowest BCUT2D eigenvalue weighted by Gasteiger charge is -2.06. The number of hydrogen-bond donors (Lipinski definition) is 1. The molecule has 0 heterocycles. The van der Waals surface area contributed by atoms with Crippen molar-refractivity contribution in [3.8, 4) is 6.07 Å². The van der Waals surface area contributed by atoms with E-state index in [1.165, 1.54) is 0 Å². The summed E-state index contributed by atoms with van der Waals surface area (Å²) in [6.07, 6.45) is 0.0430. The highest BCUT2D eigenvalue weighted by Gasteiger charge is 2.15. The lowest BCUT2D eigenvalue weighted by molar-refractivity contribution is -0.134. The third kappa shape index (κ3) is 3.30. The molecule has 0 aliphatic carbocycles. The fourth-order valence-electron chi connectivity index (χ4n) is 1.74. The van der Waals surface area contributed by atoms with Crippen LogP contribution >= 0.6 is 0 Å². The van der Waals surface area contributed by atoms with Crippen LogP contribution < -0.4 is 5.32 Å². The summed E-state index contributed by atoms with van der Waals surface area (Å²) in [6.45, 7) is 0. The summed E-state index contributed by atoms with van der Waals surface area (Å²) in [5, 5.41) is 11.4. The van der Waals surface area contributed by atoms with Crippen LogP contribution in [0.4, 0.5) is 5.69 Å². The van der Waals surface area contributed by atoms with Crippen LogP contribution in [-0.4, -0.2) is 11.7 Å². The van der Waals surface area contributed by atoms with E-state index in [4.69, 9.17) is 5.26 Å². The normalized spacial score (nSPS) is 9.55. The SMILES string of the molecule is N#Cc1ccccc1NC(=O)C(=O)Cc1ccccc1. The number of rotatable bonds is 4. The number of ketones is 1.